The van der Waals surface area contributed by atoms with Crippen molar-refractivity contribution in [3.8, 4) is 5.75 Å². The molecule has 1 unspecified atom stereocenters. The third-order valence-corrected chi connectivity index (χ3v) is 4.50. The summed E-state index contributed by atoms with van der Waals surface area (Å²) in [4.78, 5) is 14.4. The van der Waals surface area contributed by atoms with Crippen molar-refractivity contribution in [3.63, 3.8) is 0 Å². The lowest BCUT2D eigenvalue weighted by Gasteiger charge is -2.20. The number of rotatable bonds is 6. The van der Waals surface area contributed by atoms with Crippen LogP contribution >= 0.6 is 0 Å². The third-order valence-electron chi connectivity index (χ3n) is 4.50. The lowest BCUT2D eigenvalue weighted by atomic mass is 10.0. The molecule has 5 nitrogen and oxygen atoms in total. The molecule has 1 saturated carbocycles. The molecule has 5 heteroatoms. The van der Waals surface area contributed by atoms with Gasteiger partial charge in [-0.15, -0.1) is 0 Å². The highest BCUT2D eigenvalue weighted by molar-refractivity contribution is 5.89. The van der Waals surface area contributed by atoms with E-state index < -0.39 is 0 Å². The van der Waals surface area contributed by atoms with Gasteiger partial charge in [0.25, 0.3) is 0 Å². The molecule has 2 amide bonds. The van der Waals surface area contributed by atoms with Crippen LogP contribution in [0, 0.1) is 5.92 Å². The zero-order valence-electron chi connectivity index (χ0n) is 15.0. The molecular formula is C20H25N3O2. The van der Waals surface area contributed by atoms with Crippen LogP contribution in [-0.4, -0.2) is 27.2 Å². The summed E-state index contributed by atoms with van der Waals surface area (Å²) in [5, 5.41) is 6.04. The van der Waals surface area contributed by atoms with Gasteiger partial charge >= 0.3 is 6.03 Å². The van der Waals surface area contributed by atoms with Crippen LogP contribution in [0.15, 0.2) is 48.5 Å². The van der Waals surface area contributed by atoms with Gasteiger partial charge in [-0.1, -0.05) is 12.1 Å². The van der Waals surface area contributed by atoms with Crippen LogP contribution in [0.25, 0.3) is 0 Å². The molecule has 1 aliphatic carbocycles. The first-order valence-electron chi connectivity index (χ1n) is 8.55. The van der Waals surface area contributed by atoms with Crippen molar-refractivity contribution in [2.24, 2.45) is 5.92 Å². The second-order valence-electron chi connectivity index (χ2n) is 6.63. The number of amides is 2. The molecule has 0 bridgehead atoms. The van der Waals surface area contributed by atoms with Crippen LogP contribution in [0.5, 0.6) is 5.75 Å². The third kappa shape index (κ3) is 4.44. The summed E-state index contributed by atoms with van der Waals surface area (Å²) < 4.78 is 5.21. The minimum Gasteiger partial charge on any atom is -0.497 e. The predicted octanol–water partition coefficient (Wildman–Crippen LogP) is 4.03. The number of carbonyl (C=O) groups excluding carboxylic acids is 1. The summed E-state index contributed by atoms with van der Waals surface area (Å²) in [6.07, 6.45) is 2.29. The fourth-order valence-electron chi connectivity index (χ4n) is 2.87. The molecule has 3 rings (SSSR count). The molecule has 2 aromatic carbocycles. The van der Waals surface area contributed by atoms with E-state index in [-0.39, 0.29) is 12.1 Å². The quantitative estimate of drug-likeness (QED) is 0.835. The molecule has 25 heavy (non-hydrogen) atoms. The Morgan fingerprint density at radius 1 is 1.08 bits per heavy atom. The average molecular weight is 339 g/mol. The summed E-state index contributed by atoms with van der Waals surface area (Å²) >= 11 is 0. The van der Waals surface area contributed by atoms with Gasteiger partial charge in [-0.3, -0.25) is 0 Å². The maximum atomic E-state index is 12.4. The minimum absolute atomic E-state index is 0.0342. The Hall–Kier alpha value is -2.69. The van der Waals surface area contributed by atoms with Crippen molar-refractivity contribution in [2.45, 2.75) is 18.9 Å². The Balaban J connectivity index is 1.64. The molecule has 1 atom stereocenters. The van der Waals surface area contributed by atoms with Crippen molar-refractivity contribution >= 4 is 17.4 Å². The second-order valence-corrected chi connectivity index (χ2v) is 6.63. The van der Waals surface area contributed by atoms with Gasteiger partial charge in [-0.05, 0) is 60.7 Å². The highest BCUT2D eigenvalue weighted by atomic mass is 16.5. The summed E-state index contributed by atoms with van der Waals surface area (Å²) in [6.45, 7) is 0. The van der Waals surface area contributed by atoms with Gasteiger partial charge in [-0.2, -0.15) is 0 Å². The van der Waals surface area contributed by atoms with E-state index in [1.165, 1.54) is 0 Å². The van der Waals surface area contributed by atoms with Crippen molar-refractivity contribution in [2.75, 3.05) is 31.4 Å². The minimum atomic E-state index is -0.176. The fraction of sp³-hybridized carbons (Fsp3) is 0.350. The lowest BCUT2D eigenvalue weighted by Crippen LogP contribution is -2.33. The van der Waals surface area contributed by atoms with E-state index in [2.05, 4.69) is 10.6 Å². The SMILES string of the molecule is COc1ccc(C(NC(=O)Nc2ccc(N(C)C)cc2)C2CC2)cc1. The van der Waals surface area contributed by atoms with Crippen LogP contribution in [0.4, 0.5) is 16.2 Å². The maximum absolute atomic E-state index is 12.4. The number of hydrogen-bond acceptors (Lipinski definition) is 3. The molecule has 0 saturated heterocycles. The topological polar surface area (TPSA) is 53.6 Å². The molecular weight excluding hydrogens is 314 g/mol. The van der Waals surface area contributed by atoms with Crippen LogP contribution in [0.1, 0.15) is 24.4 Å². The molecule has 0 aliphatic heterocycles. The summed E-state index contributed by atoms with van der Waals surface area (Å²) in [5.41, 5.74) is 2.99. The van der Waals surface area contributed by atoms with Crippen molar-refractivity contribution in [1.82, 2.24) is 5.32 Å². The van der Waals surface area contributed by atoms with E-state index in [1.807, 2.05) is 67.5 Å². The van der Waals surface area contributed by atoms with Gasteiger partial charge in [0, 0.05) is 25.5 Å². The normalized spacial score (nSPS) is 14.5. The fourth-order valence-corrected chi connectivity index (χ4v) is 2.87. The number of urea groups is 1. The smallest absolute Gasteiger partial charge is 0.319 e. The van der Waals surface area contributed by atoms with Gasteiger partial charge in [0.1, 0.15) is 5.75 Å². The van der Waals surface area contributed by atoms with Gasteiger partial charge in [0.2, 0.25) is 0 Å². The van der Waals surface area contributed by atoms with E-state index in [4.69, 9.17) is 4.74 Å². The van der Waals surface area contributed by atoms with Crippen molar-refractivity contribution < 1.29 is 9.53 Å². The molecule has 0 aromatic heterocycles. The number of nitrogens with zero attached hydrogens (tertiary/aromatic N) is 1. The van der Waals surface area contributed by atoms with Crippen LogP contribution < -0.4 is 20.3 Å². The van der Waals surface area contributed by atoms with Crippen LogP contribution in [-0.2, 0) is 0 Å². The average Bonchev–Trinajstić information content (AvgIpc) is 3.45. The molecule has 1 fully saturated rings. The lowest BCUT2D eigenvalue weighted by molar-refractivity contribution is 0.247. The Kier molecular flexibility index (Phi) is 5.12. The zero-order chi connectivity index (χ0) is 17.8. The number of benzene rings is 2. The highest BCUT2D eigenvalue weighted by Gasteiger charge is 2.33. The standard InChI is InChI=1S/C20H25N3O2/c1-23(2)17-10-8-16(9-11-17)21-20(24)22-19(14-4-5-14)15-6-12-18(25-3)13-7-15/h6-14,19H,4-5H2,1-3H3,(H2,21,22,24). The molecule has 0 heterocycles. The number of anilines is 2. The van der Waals surface area contributed by atoms with Gasteiger partial charge in [0.05, 0.1) is 13.2 Å². The molecule has 2 N–H and O–H groups in total. The van der Waals surface area contributed by atoms with E-state index in [9.17, 15) is 4.79 Å². The van der Waals surface area contributed by atoms with E-state index in [0.29, 0.717) is 5.92 Å². The van der Waals surface area contributed by atoms with Gasteiger partial charge in [-0.25, -0.2) is 4.79 Å². The monoisotopic (exact) mass is 339 g/mol. The number of methoxy groups -OCH3 is 1. The summed E-state index contributed by atoms with van der Waals surface area (Å²) in [7, 11) is 5.63. The number of carbonyl (C=O) groups is 1. The predicted molar refractivity (Wildman–Crippen MR) is 101 cm³/mol. The molecule has 0 spiro atoms. The maximum Gasteiger partial charge on any atom is 0.319 e. The van der Waals surface area contributed by atoms with E-state index in [1.54, 1.807) is 7.11 Å². The Morgan fingerprint density at radius 3 is 2.24 bits per heavy atom. The first-order chi connectivity index (χ1) is 12.1. The van der Waals surface area contributed by atoms with E-state index >= 15 is 0 Å². The van der Waals surface area contributed by atoms with Gasteiger partial charge < -0.3 is 20.3 Å². The Bertz CT molecular complexity index is 707. The van der Waals surface area contributed by atoms with E-state index in [0.717, 1.165) is 35.5 Å². The van der Waals surface area contributed by atoms with Crippen LogP contribution in [0.2, 0.25) is 0 Å². The largest absolute Gasteiger partial charge is 0.497 e. The zero-order valence-corrected chi connectivity index (χ0v) is 15.0. The number of nitrogens with one attached hydrogen (secondary N) is 2. The second kappa shape index (κ2) is 7.47. The summed E-state index contributed by atoms with van der Waals surface area (Å²) in [5.74, 6) is 1.33. The van der Waals surface area contributed by atoms with Crippen molar-refractivity contribution in [1.29, 1.82) is 0 Å². The highest BCUT2D eigenvalue weighted by Crippen LogP contribution is 2.41. The molecule has 0 radical (unpaired) electrons. The molecule has 132 valence electrons. The molecule has 1 aliphatic rings. The van der Waals surface area contributed by atoms with Gasteiger partial charge in [0.15, 0.2) is 0 Å². The summed E-state index contributed by atoms with van der Waals surface area (Å²) in [6, 6.07) is 15.6. The first kappa shape index (κ1) is 17.1. The first-order valence-corrected chi connectivity index (χ1v) is 8.55. The molecule has 2 aromatic rings. The Labute approximate surface area is 149 Å². The number of ether oxygens (including phenoxy) is 1. The van der Waals surface area contributed by atoms with Crippen molar-refractivity contribution in [3.05, 3.63) is 54.1 Å². The van der Waals surface area contributed by atoms with Crippen LogP contribution in [0.3, 0.4) is 0 Å². The Morgan fingerprint density at radius 2 is 1.72 bits per heavy atom. The number of hydrogen-bond donors (Lipinski definition) is 2.